The summed E-state index contributed by atoms with van der Waals surface area (Å²) in [7, 11) is -5.73. The summed E-state index contributed by atoms with van der Waals surface area (Å²) in [4.78, 5) is 21.6. The second-order valence-electron chi connectivity index (χ2n) is 4.30. The van der Waals surface area contributed by atoms with Crippen molar-refractivity contribution in [3.05, 3.63) is 0 Å². The highest BCUT2D eigenvalue weighted by atomic mass is 31.2. The summed E-state index contributed by atoms with van der Waals surface area (Å²) in [6, 6.07) is 0. The summed E-state index contributed by atoms with van der Waals surface area (Å²) in [5.41, 5.74) is 0. The Morgan fingerprint density at radius 1 is 0.762 bits per heavy atom. The maximum atomic E-state index is 8.88. The average molecular weight is 348 g/mol. The first-order valence-electron chi connectivity index (χ1n) is 7.32. The van der Waals surface area contributed by atoms with Crippen LogP contribution in [0.5, 0.6) is 0 Å². The molecule has 0 aliphatic rings. The molecule has 0 saturated heterocycles. The molecule has 9 heteroatoms. The summed E-state index contributed by atoms with van der Waals surface area (Å²) in [5.74, 6) is 0. The van der Waals surface area contributed by atoms with Crippen molar-refractivity contribution in [1.29, 1.82) is 0 Å². The molecule has 0 atom stereocenters. The van der Waals surface area contributed by atoms with Gasteiger partial charge in [0.05, 0.1) is 19.8 Å². The minimum Gasteiger partial charge on any atom is -0.312 e. The highest BCUT2D eigenvalue weighted by Gasteiger charge is 2.11. The van der Waals surface area contributed by atoms with Crippen LogP contribution in [0.15, 0.2) is 0 Å². The van der Waals surface area contributed by atoms with E-state index in [0.29, 0.717) is 0 Å². The predicted octanol–water partition coefficient (Wildman–Crippen LogP) is 3.73. The lowest BCUT2D eigenvalue weighted by atomic mass is 10.4. The van der Waals surface area contributed by atoms with Crippen molar-refractivity contribution in [3.63, 3.8) is 0 Å². The van der Waals surface area contributed by atoms with Gasteiger partial charge in [-0.1, -0.05) is 40.0 Å². The molecule has 0 bridgehead atoms. The molecule has 0 amide bonds. The number of phosphoric acid groups is 1. The molecular weight excluding hydrogens is 318 g/mol. The van der Waals surface area contributed by atoms with Crippen LogP contribution in [0.4, 0.5) is 0 Å². The molecule has 0 aliphatic heterocycles. The predicted molar refractivity (Wildman–Crippen MR) is 83.8 cm³/mol. The zero-order valence-corrected chi connectivity index (χ0v) is 15.0. The minimum atomic E-state index is -4.64. The van der Waals surface area contributed by atoms with E-state index in [9.17, 15) is 0 Å². The smallest absolute Gasteiger partial charge is 0.312 e. The normalized spacial score (nSPS) is 11.4. The number of hydrogen-bond donors (Lipinski definition) is 3. The zero-order valence-electron chi connectivity index (χ0n) is 13.2. The molecule has 0 rings (SSSR count). The van der Waals surface area contributed by atoms with E-state index in [1.165, 1.54) is 0 Å². The largest absolute Gasteiger partial charge is 0.466 e. The van der Waals surface area contributed by atoms with Gasteiger partial charge in [0.2, 0.25) is 0 Å². The SMILES string of the molecule is CCCCOP(OCCCC)OCCCC.O=P(O)(O)O. The monoisotopic (exact) mass is 348 g/mol. The highest BCUT2D eigenvalue weighted by Crippen LogP contribution is 2.40. The number of rotatable bonds is 12. The van der Waals surface area contributed by atoms with Crippen molar-refractivity contribution in [2.45, 2.75) is 59.3 Å². The Kier molecular flexibility index (Phi) is 18.9. The van der Waals surface area contributed by atoms with Crippen molar-refractivity contribution in [3.8, 4) is 0 Å². The van der Waals surface area contributed by atoms with Gasteiger partial charge in [-0.3, -0.25) is 0 Å². The van der Waals surface area contributed by atoms with E-state index in [4.69, 9.17) is 32.8 Å². The molecule has 3 N–H and O–H groups in total. The second kappa shape index (κ2) is 16.8. The topological polar surface area (TPSA) is 105 Å². The average Bonchev–Trinajstić information content (AvgIpc) is 2.37. The van der Waals surface area contributed by atoms with E-state index >= 15 is 0 Å². The lowest BCUT2D eigenvalue weighted by Crippen LogP contribution is -1.99. The van der Waals surface area contributed by atoms with Crippen molar-refractivity contribution in [1.82, 2.24) is 0 Å². The van der Waals surface area contributed by atoms with Gasteiger partial charge in [-0.15, -0.1) is 0 Å². The van der Waals surface area contributed by atoms with E-state index in [0.717, 1.165) is 58.3 Å². The maximum absolute atomic E-state index is 8.88. The summed E-state index contributed by atoms with van der Waals surface area (Å²) in [6.45, 7) is 8.71. The third-order valence-electron chi connectivity index (χ3n) is 2.08. The molecule has 0 aromatic rings. The molecule has 0 radical (unpaired) electrons. The Bertz CT molecular complexity index is 216. The van der Waals surface area contributed by atoms with Gasteiger partial charge in [-0.2, -0.15) is 0 Å². The van der Waals surface area contributed by atoms with Crippen LogP contribution in [-0.4, -0.2) is 34.5 Å². The van der Waals surface area contributed by atoms with Gasteiger partial charge < -0.3 is 28.3 Å². The fraction of sp³-hybridized carbons (Fsp3) is 1.00. The van der Waals surface area contributed by atoms with Gasteiger partial charge in [0, 0.05) is 0 Å². The Balaban J connectivity index is 0. The third-order valence-corrected chi connectivity index (χ3v) is 3.26. The molecule has 0 saturated carbocycles. The van der Waals surface area contributed by atoms with Crippen LogP contribution in [-0.2, 0) is 18.1 Å². The molecule has 0 aromatic heterocycles. The molecule has 0 heterocycles. The summed E-state index contributed by atoms with van der Waals surface area (Å²) < 4.78 is 25.7. The fourth-order valence-electron chi connectivity index (χ4n) is 0.962. The molecular formula is C12H30O7P2. The van der Waals surface area contributed by atoms with Crippen molar-refractivity contribution >= 4 is 16.4 Å². The van der Waals surface area contributed by atoms with Crippen molar-refractivity contribution in [2.75, 3.05) is 19.8 Å². The summed E-state index contributed by atoms with van der Waals surface area (Å²) in [6.07, 6.45) is 6.67. The highest BCUT2D eigenvalue weighted by molar-refractivity contribution is 7.45. The van der Waals surface area contributed by atoms with Crippen LogP contribution in [0.25, 0.3) is 0 Å². The maximum Gasteiger partial charge on any atom is 0.466 e. The van der Waals surface area contributed by atoms with Crippen LogP contribution >= 0.6 is 16.4 Å². The lowest BCUT2D eigenvalue weighted by Gasteiger charge is -2.16. The molecule has 7 nitrogen and oxygen atoms in total. The Morgan fingerprint density at radius 3 is 1.19 bits per heavy atom. The minimum absolute atomic E-state index is 0.750. The van der Waals surface area contributed by atoms with Gasteiger partial charge in [-0.25, -0.2) is 4.57 Å². The molecule has 0 aromatic carbocycles. The fourth-order valence-corrected chi connectivity index (χ4v) is 2.02. The Morgan fingerprint density at radius 2 is 1.00 bits per heavy atom. The van der Waals surface area contributed by atoms with E-state index in [1.807, 2.05) is 0 Å². The van der Waals surface area contributed by atoms with Crippen LogP contribution in [0.1, 0.15) is 59.3 Å². The zero-order chi connectivity index (χ0) is 16.6. The van der Waals surface area contributed by atoms with Crippen LogP contribution in [0.3, 0.4) is 0 Å². The number of unbranched alkanes of at least 4 members (excludes halogenated alkanes) is 3. The first-order valence-corrected chi connectivity index (χ1v) is 9.98. The van der Waals surface area contributed by atoms with Gasteiger partial charge in [-0.05, 0) is 19.3 Å². The van der Waals surface area contributed by atoms with Crippen molar-refractivity contribution < 1.29 is 32.8 Å². The quantitative estimate of drug-likeness (QED) is 0.364. The van der Waals surface area contributed by atoms with Gasteiger partial charge in [0.25, 0.3) is 0 Å². The van der Waals surface area contributed by atoms with E-state index in [-0.39, 0.29) is 0 Å². The Hall–Kier alpha value is 0.420. The molecule has 0 spiro atoms. The Labute approximate surface area is 129 Å². The number of hydrogen-bond acceptors (Lipinski definition) is 4. The standard InChI is InChI=1S/C12H27O3P.H3O4P/c1-4-7-10-13-16(14-11-8-5-2)15-12-9-6-3;1-5(2,3)4/h4-12H2,1-3H3;(H3,1,2,3,4). The van der Waals surface area contributed by atoms with Crippen LogP contribution < -0.4 is 0 Å². The summed E-state index contributed by atoms with van der Waals surface area (Å²) >= 11 is 0. The summed E-state index contributed by atoms with van der Waals surface area (Å²) in [5, 5.41) is 0. The first kappa shape index (κ1) is 23.7. The molecule has 0 unspecified atom stereocenters. The van der Waals surface area contributed by atoms with Gasteiger partial charge in [0.15, 0.2) is 0 Å². The molecule has 0 aliphatic carbocycles. The second-order valence-corrected chi connectivity index (χ2v) is 6.55. The molecule has 130 valence electrons. The first-order chi connectivity index (χ1) is 9.85. The van der Waals surface area contributed by atoms with Crippen molar-refractivity contribution in [2.24, 2.45) is 0 Å². The van der Waals surface area contributed by atoms with Gasteiger partial charge in [0.1, 0.15) is 0 Å². The van der Waals surface area contributed by atoms with Gasteiger partial charge >= 0.3 is 16.4 Å². The van der Waals surface area contributed by atoms with E-state index in [2.05, 4.69) is 20.8 Å². The third kappa shape index (κ3) is 29.1. The molecule has 0 fully saturated rings. The van der Waals surface area contributed by atoms with Crippen LogP contribution in [0, 0.1) is 0 Å². The van der Waals surface area contributed by atoms with E-state index in [1.54, 1.807) is 0 Å². The van der Waals surface area contributed by atoms with E-state index < -0.39 is 16.4 Å². The van der Waals surface area contributed by atoms with Crippen LogP contribution in [0.2, 0.25) is 0 Å². The lowest BCUT2D eigenvalue weighted by molar-refractivity contribution is 0.155. The molecule has 21 heavy (non-hydrogen) atoms.